The van der Waals surface area contributed by atoms with E-state index in [1.165, 1.54) is 11.0 Å². The Morgan fingerprint density at radius 2 is 2.00 bits per heavy atom. The van der Waals surface area contributed by atoms with Crippen LogP contribution in [0.4, 0.5) is 20.6 Å². The first-order valence-corrected chi connectivity index (χ1v) is 9.86. The van der Waals surface area contributed by atoms with Gasteiger partial charge in [0.25, 0.3) is 0 Å². The van der Waals surface area contributed by atoms with Gasteiger partial charge in [0, 0.05) is 32.4 Å². The quantitative estimate of drug-likeness (QED) is 0.738. The monoisotopic (exact) mass is 402 g/mol. The number of amides is 1. The van der Waals surface area contributed by atoms with Crippen LogP contribution in [0.25, 0.3) is 0 Å². The van der Waals surface area contributed by atoms with Gasteiger partial charge in [-0.05, 0) is 18.2 Å². The third kappa shape index (κ3) is 3.65. The predicted octanol–water partition coefficient (Wildman–Crippen LogP) is 0.963. The van der Waals surface area contributed by atoms with E-state index < -0.39 is 6.09 Å². The van der Waals surface area contributed by atoms with Crippen molar-refractivity contribution in [2.45, 2.75) is 18.7 Å². The summed E-state index contributed by atoms with van der Waals surface area (Å²) in [4.78, 5) is 18.2. The van der Waals surface area contributed by atoms with Crippen molar-refractivity contribution >= 4 is 17.5 Å². The second kappa shape index (κ2) is 7.60. The molecule has 3 fully saturated rings. The molecule has 3 saturated heterocycles. The molecule has 2 aromatic rings. The van der Waals surface area contributed by atoms with E-state index >= 15 is 0 Å². The molecule has 0 bridgehead atoms. The Morgan fingerprint density at radius 1 is 1.17 bits per heavy atom. The van der Waals surface area contributed by atoms with Crippen LogP contribution in [0.15, 0.2) is 30.6 Å². The van der Waals surface area contributed by atoms with Gasteiger partial charge in [0.1, 0.15) is 11.9 Å². The van der Waals surface area contributed by atoms with Gasteiger partial charge in [-0.25, -0.2) is 13.9 Å². The van der Waals surface area contributed by atoms with E-state index in [-0.39, 0.29) is 11.9 Å². The van der Waals surface area contributed by atoms with Crippen LogP contribution in [0.1, 0.15) is 0 Å². The van der Waals surface area contributed by atoms with Gasteiger partial charge in [0.05, 0.1) is 49.9 Å². The molecule has 1 atom stereocenters. The Kier molecular flexibility index (Phi) is 4.80. The van der Waals surface area contributed by atoms with Gasteiger partial charge in [-0.2, -0.15) is 0 Å². The first-order chi connectivity index (χ1) is 14.2. The molecule has 4 heterocycles. The maximum absolute atomic E-state index is 14.9. The number of piperazine rings is 1. The lowest BCUT2D eigenvalue weighted by atomic mass is 10.1. The van der Waals surface area contributed by atoms with Gasteiger partial charge in [-0.1, -0.05) is 5.21 Å². The minimum absolute atomic E-state index is 0.324. The summed E-state index contributed by atoms with van der Waals surface area (Å²) < 4.78 is 27.1. The molecule has 0 unspecified atom stereocenters. The van der Waals surface area contributed by atoms with Crippen LogP contribution in [0.2, 0.25) is 0 Å². The van der Waals surface area contributed by atoms with E-state index in [1.807, 2.05) is 0 Å². The fourth-order valence-corrected chi connectivity index (χ4v) is 4.05. The zero-order valence-corrected chi connectivity index (χ0v) is 16.0. The Labute approximate surface area is 167 Å². The molecule has 9 nitrogen and oxygen atoms in total. The van der Waals surface area contributed by atoms with Crippen molar-refractivity contribution in [3.63, 3.8) is 0 Å². The maximum Gasteiger partial charge on any atom is 0.414 e. The molecule has 3 aliphatic rings. The molecule has 154 valence electrons. The Morgan fingerprint density at radius 3 is 2.66 bits per heavy atom. The van der Waals surface area contributed by atoms with Crippen molar-refractivity contribution in [2.24, 2.45) is 0 Å². The summed E-state index contributed by atoms with van der Waals surface area (Å²) in [5.74, 6) is -0.324. The zero-order valence-electron chi connectivity index (χ0n) is 16.0. The molecule has 0 spiro atoms. The van der Waals surface area contributed by atoms with Gasteiger partial charge in [-0.3, -0.25) is 9.80 Å². The van der Waals surface area contributed by atoms with Gasteiger partial charge in [0.15, 0.2) is 0 Å². The number of halogens is 1. The Balaban J connectivity index is 1.23. The van der Waals surface area contributed by atoms with Crippen molar-refractivity contribution in [1.29, 1.82) is 0 Å². The van der Waals surface area contributed by atoms with Crippen molar-refractivity contribution < 1.29 is 18.7 Å². The number of carbonyl (C=O) groups excluding carboxylic acids is 1. The fraction of sp³-hybridized carbons (Fsp3) is 0.526. The van der Waals surface area contributed by atoms with Crippen LogP contribution in [0, 0.1) is 5.82 Å². The third-order valence-electron chi connectivity index (χ3n) is 5.77. The van der Waals surface area contributed by atoms with Crippen molar-refractivity contribution in [3.05, 3.63) is 36.4 Å². The molecular weight excluding hydrogens is 379 g/mol. The second-order valence-electron chi connectivity index (χ2n) is 7.59. The number of hydrogen-bond donors (Lipinski definition) is 0. The van der Waals surface area contributed by atoms with Crippen molar-refractivity contribution in [3.8, 4) is 0 Å². The highest BCUT2D eigenvalue weighted by atomic mass is 19.1. The van der Waals surface area contributed by atoms with Gasteiger partial charge >= 0.3 is 6.09 Å². The van der Waals surface area contributed by atoms with E-state index in [2.05, 4.69) is 20.1 Å². The van der Waals surface area contributed by atoms with Gasteiger partial charge in [0.2, 0.25) is 0 Å². The van der Waals surface area contributed by atoms with Crippen molar-refractivity contribution in [1.82, 2.24) is 19.9 Å². The molecule has 3 aliphatic heterocycles. The summed E-state index contributed by atoms with van der Waals surface area (Å²) in [6.07, 6.45) is 2.46. The standard InChI is InChI=1S/C19H23FN6O3/c20-17-9-14(26-11-16(29-19(26)27)10-25-4-3-21-22-25)1-2-18(17)24-7-5-23(6-8-24)15-12-28-13-15/h1-4,9,15-16H,5-8,10-13H2/t16-/m1/s1. The number of cyclic esters (lactones) is 1. The Bertz CT molecular complexity index is 867. The number of benzene rings is 1. The molecule has 1 aromatic carbocycles. The second-order valence-corrected chi connectivity index (χ2v) is 7.59. The molecule has 0 saturated carbocycles. The SMILES string of the molecule is O=C1O[C@H](Cn2ccnn2)CN1c1ccc(N2CCN(C3COC3)CC2)c(F)c1. The summed E-state index contributed by atoms with van der Waals surface area (Å²) in [6, 6.07) is 5.46. The number of carbonyl (C=O) groups is 1. The highest BCUT2D eigenvalue weighted by Crippen LogP contribution is 2.29. The fourth-order valence-electron chi connectivity index (χ4n) is 4.05. The average Bonchev–Trinajstić information content (AvgIpc) is 3.31. The maximum atomic E-state index is 14.9. The van der Waals surface area contributed by atoms with Crippen molar-refractivity contribution in [2.75, 3.05) is 55.7 Å². The predicted molar refractivity (Wildman–Crippen MR) is 102 cm³/mol. The largest absolute Gasteiger partial charge is 0.442 e. The Hall–Kier alpha value is -2.72. The first kappa shape index (κ1) is 18.3. The highest BCUT2D eigenvalue weighted by Gasteiger charge is 2.34. The molecule has 0 aliphatic carbocycles. The molecule has 1 amide bonds. The number of rotatable bonds is 5. The van der Waals surface area contributed by atoms with E-state index in [0.29, 0.717) is 30.5 Å². The number of nitrogens with zero attached hydrogens (tertiary/aromatic N) is 6. The first-order valence-electron chi connectivity index (χ1n) is 9.86. The smallest absolute Gasteiger partial charge is 0.414 e. The minimum atomic E-state index is -0.474. The minimum Gasteiger partial charge on any atom is -0.442 e. The van der Waals surface area contributed by atoms with Crippen LogP contribution < -0.4 is 9.80 Å². The van der Waals surface area contributed by atoms with Crippen LogP contribution >= 0.6 is 0 Å². The lowest BCUT2D eigenvalue weighted by Crippen LogP contribution is -2.56. The summed E-state index contributed by atoms with van der Waals surface area (Å²) in [6.45, 7) is 5.71. The summed E-state index contributed by atoms with van der Waals surface area (Å²) in [5.41, 5.74) is 1.08. The molecule has 5 rings (SSSR count). The highest BCUT2D eigenvalue weighted by molar-refractivity contribution is 5.90. The van der Waals surface area contributed by atoms with E-state index in [0.717, 1.165) is 39.4 Å². The summed E-state index contributed by atoms with van der Waals surface area (Å²) in [7, 11) is 0. The van der Waals surface area contributed by atoms with E-state index in [4.69, 9.17) is 9.47 Å². The number of aromatic nitrogens is 3. The molecular formula is C19H23FN6O3. The van der Waals surface area contributed by atoms with Crippen LogP contribution in [-0.2, 0) is 16.0 Å². The van der Waals surface area contributed by atoms with E-state index in [9.17, 15) is 9.18 Å². The van der Waals surface area contributed by atoms with Crippen LogP contribution in [0.5, 0.6) is 0 Å². The number of anilines is 2. The summed E-state index contributed by atoms with van der Waals surface area (Å²) in [5, 5.41) is 7.63. The number of hydrogen-bond acceptors (Lipinski definition) is 7. The van der Waals surface area contributed by atoms with Gasteiger partial charge < -0.3 is 14.4 Å². The summed E-state index contributed by atoms with van der Waals surface area (Å²) >= 11 is 0. The lowest BCUT2D eigenvalue weighted by Gasteiger charge is -2.43. The molecule has 1 aromatic heterocycles. The van der Waals surface area contributed by atoms with Crippen LogP contribution in [-0.4, -0.2) is 84.1 Å². The molecule has 10 heteroatoms. The van der Waals surface area contributed by atoms with Gasteiger partial charge in [-0.15, -0.1) is 5.10 Å². The normalized spacial score (nSPS) is 23.3. The third-order valence-corrected chi connectivity index (χ3v) is 5.77. The lowest BCUT2D eigenvalue weighted by molar-refractivity contribution is -0.0660. The zero-order chi connectivity index (χ0) is 19.8. The molecule has 0 radical (unpaired) electrons. The number of ether oxygens (including phenoxy) is 2. The van der Waals surface area contributed by atoms with E-state index in [1.54, 1.807) is 29.2 Å². The molecule has 29 heavy (non-hydrogen) atoms. The topological polar surface area (TPSA) is 76.0 Å². The van der Waals surface area contributed by atoms with Crippen LogP contribution in [0.3, 0.4) is 0 Å². The molecule has 0 N–H and O–H groups in total. The average molecular weight is 402 g/mol.